The number of carbonyl (C=O) groups is 2. The van der Waals surface area contributed by atoms with Gasteiger partial charge in [-0.3, -0.25) is 9.59 Å². The second kappa shape index (κ2) is 9.04. The number of carbonyl (C=O) groups excluding carboxylic acids is 2. The van der Waals surface area contributed by atoms with Crippen LogP contribution >= 0.6 is 11.3 Å². The molecule has 0 saturated carbocycles. The molecule has 1 saturated heterocycles. The van der Waals surface area contributed by atoms with Gasteiger partial charge in [0.05, 0.1) is 11.7 Å². The van der Waals surface area contributed by atoms with Crippen molar-refractivity contribution in [3.63, 3.8) is 0 Å². The largest absolute Gasteiger partial charge is 0.397 e. The van der Waals surface area contributed by atoms with Gasteiger partial charge in [-0.25, -0.2) is 4.98 Å². The first-order valence-electron chi connectivity index (χ1n) is 9.87. The zero-order chi connectivity index (χ0) is 21.1. The number of aromatic nitrogens is 1. The van der Waals surface area contributed by atoms with Crippen molar-refractivity contribution < 1.29 is 9.59 Å². The Morgan fingerprint density at radius 3 is 2.86 bits per heavy atom. The Kier molecular flexibility index (Phi) is 6.68. The normalized spacial score (nSPS) is 18.2. The Hall–Kier alpha value is -2.27. The van der Waals surface area contributed by atoms with Crippen molar-refractivity contribution in [3.05, 3.63) is 16.5 Å². The minimum absolute atomic E-state index is 0.0508. The van der Waals surface area contributed by atoms with Crippen molar-refractivity contribution in [1.29, 1.82) is 0 Å². The fourth-order valence-electron chi connectivity index (χ4n) is 3.78. The molecule has 2 aromatic rings. The first kappa shape index (κ1) is 21.4. The summed E-state index contributed by atoms with van der Waals surface area (Å²) in [5.74, 6) is 0.0839. The molecule has 0 aliphatic carbocycles. The molecule has 1 amide bonds. The topological polar surface area (TPSA) is 166 Å². The molecule has 2 atom stereocenters. The number of primary amides is 1. The molecule has 3 heterocycles. The zero-order valence-corrected chi connectivity index (χ0v) is 17.4. The van der Waals surface area contributed by atoms with E-state index in [1.165, 1.54) is 11.3 Å². The number of nitrogens with one attached hydrogen (secondary N) is 1. The summed E-state index contributed by atoms with van der Waals surface area (Å²) in [5, 5.41) is 4.05. The molecule has 9 nitrogen and oxygen atoms in total. The van der Waals surface area contributed by atoms with Crippen LogP contribution in [0, 0.1) is 0 Å². The maximum atomic E-state index is 12.9. The van der Waals surface area contributed by atoms with Crippen molar-refractivity contribution in [2.45, 2.75) is 38.3 Å². The number of aryl methyl sites for hydroxylation is 1. The number of piperazine rings is 1. The van der Waals surface area contributed by atoms with E-state index in [1.807, 2.05) is 11.0 Å². The van der Waals surface area contributed by atoms with Crippen molar-refractivity contribution in [3.8, 4) is 0 Å². The van der Waals surface area contributed by atoms with Crippen molar-refractivity contribution in [2.75, 3.05) is 36.8 Å². The van der Waals surface area contributed by atoms with E-state index >= 15 is 0 Å². The summed E-state index contributed by atoms with van der Waals surface area (Å²) in [6.07, 6.45) is 2.13. The van der Waals surface area contributed by atoms with E-state index < -0.39 is 18.0 Å². The van der Waals surface area contributed by atoms with Gasteiger partial charge in [0, 0.05) is 25.0 Å². The minimum Gasteiger partial charge on any atom is -0.397 e. The number of nitrogen functional groups attached to an aromatic ring is 1. The second-order valence-electron chi connectivity index (χ2n) is 7.28. The van der Waals surface area contributed by atoms with Gasteiger partial charge in [0.15, 0.2) is 5.78 Å². The van der Waals surface area contributed by atoms with Crippen LogP contribution in [0.4, 0.5) is 11.5 Å². The molecule has 158 valence electrons. The Morgan fingerprint density at radius 2 is 2.21 bits per heavy atom. The van der Waals surface area contributed by atoms with Crippen molar-refractivity contribution >= 4 is 44.7 Å². The summed E-state index contributed by atoms with van der Waals surface area (Å²) in [6.45, 7) is 4.30. The van der Waals surface area contributed by atoms with Gasteiger partial charge in [-0.05, 0) is 31.0 Å². The summed E-state index contributed by atoms with van der Waals surface area (Å²) in [5.41, 5.74) is 24.7. The first-order valence-corrected chi connectivity index (χ1v) is 10.7. The number of ketones is 1. The number of anilines is 2. The molecule has 2 aromatic heterocycles. The monoisotopic (exact) mass is 419 g/mol. The summed E-state index contributed by atoms with van der Waals surface area (Å²) >= 11 is 1.20. The number of fused-ring (bicyclic) bond motifs is 1. The van der Waals surface area contributed by atoms with E-state index in [1.54, 1.807) is 0 Å². The third-order valence-corrected chi connectivity index (χ3v) is 6.33. The fourth-order valence-corrected chi connectivity index (χ4v) is 4.77. The van der Waals surface area contributed by atoms with Crippen molar-refractivity contribution in [2.24, 2.45) is 17.2 Å². The number of thiophene rings is 1. The smallest absolute Gasteiger partial charge is 0.260 e. The lowest BCUT2D eigenvalue weighted by Crippen LogP contribution is -2.59. The molecule has 1 aliphatic heterocycles. The van der Waals surface area contributed by atoms with Crippen LogP contribution in [0.1, 0.15) is 35.0 Å². The molecular weight excluding hydrogens is 390 g/mol. The van der Waals surface area contributed by atoms with Gasteiger partial charge < -0.3 is 33.2 Å². The first-order chi connectivity index (χ1) is 13.9. The van der Waals surface area contributed by atoms with Crippen LogP contribution in [0.2, 0.25) is 0 Å². The zero-order valence-electron chi connectivity index (χ0n) is 16.6. The number of hydrogen-bond acceptors (Lipinski definition) is 9. The summed E-state index contributed by atoms with van der Waals surface area (Å²) < 4.78 is 0. The third-order valence-electron chi connectivity index (χ3n) is 5.22. The Labute approximate surface area is 173 Å². The predicted molar refractivity (Wildman–Crippen MR) is 117 cm³/mol. The maximum Gasteiger partial charge on any atom is 0.260 e. The quantitative estimate of drug-likeness (QED) is 0.397. The van der Waals surface area contributed by atoms with Gasteiger partial charge in [0.1, 0.15) is 21.6 Å². The number of Topliss-reactive ketones (excluding diaryl/α,β-unsaturated/α-hetero) is 1. The fraction of sp³-hybridized carbons (Fsp3) is 0.526. The Bertz CT molecular complexity index is 914. The number of nitrogens with zero attached hydrogens (tertiary/aromatic N) is 2. The number of hydrogen-bond donors (Lipinski definition) is 5. The molecule has 2 unspecified atom stereocenters. The lowest BCUT2D eigenvalue weighted by molar-refractivity contribution is -0.121. The maximum absolute atomic E-state index is 12.9. The number of rotatable bonds is 8. The van der Waals surface area contributed by atoms with Gasteiger partial charge in [-0.2, -0.15) is 0 Å². The van der Waals surface area contributed by atoms with E-state index in [9.17, 15) is 9.59 Å². The lowest BCUT2D eigenvalue weighted by Gasteiger charge is -2.37. The lowest BCUT2D eigenvalue weighted by atomic mass is 9.99. The standard InChI is InChI=1S/C19H29N7O2S/c1-2-3-10-8-13(25-19-14(10)15(22)17(29-19)18(23)28)26-7-6-24-9-12(26)16(27)11(21)4-5-20/h8,11-12,24H,2-7,9,20-22H2,1H3,(H2,23,28). The molecule has 0 radical (unpaired) electrons. The van der Waals surface area contributed by atoms with Crippen LogP contribution in [-0.4, -0.2) is 54.9 Å². The highest BCUT2D eigenvalue weighted by Crippen LogP contribution is 2.37. The molecule has 29 heavy (non-hydrogen) atoms. The predicted octanol–water partition coefficient (Wildman–Crippen LogP) is -0.0467. The molecular formula is C19H29N7O2S. The summed E-state index contributed by atoms with van der Waals surface area (Å²) in [7, 11) is 0. The van der Waals surface area contributed by atoms with Gasteiger partial charge in [0.25, 0.3) is 5.91 Å². The molecule has 10 heteroatoms. The molecule has 0 spiro atoms. The SMILES string of the molecule is CCCc1cc(N2CCNCC2C(=O)C(N)CCN)nc2sc(C(N)=O)c(N)c12. The highest BCUT2D eigenvalue weighted by Gasteiger charge is 2.33. The average molecular weight is 420 g/mol. The van der Waals surface area contributed by atoms with Crippen LogP contribution in [0.25, 0.3) is 10.2 Å². The molecule has 0 bridgehead atoms. The molecule has 3 rings (SSSR count). The van der Waals surface area contributed by atoms with E-state index in [4.69, 9.17) is 27.9 Å². The number of pyridine rings is 1. The Morgan fingerprint density at radius 1 is 1.45 bits per heavy atom. The van der Waals surface area contributed by atoms with Crippen LogP contribution < -0.4 is 33.2 Å². The second-order valence-corrected chi connectivity index (χ2v) is 8.28. The van der Waals surface area contributed by atoms with E-state index in [-0.39, 0.29) is 5.78 Å². The molecule has 1 aliphatic rings. The van der Waals surface area contributed by atoms with Crippen LogP contribution in [-0.2, 0) is 11.2 Å². The van der Waals surface area contributed by atoms with Crippen molar-refractivity contribution in [1.82, 2.24) is 10.3 Å². The van der Waals surface area contributed by atoms with Gasteiger partial charge in [0.2, 0.25) is 0 Å². The van der Waals surface area contributed by atoms with Gasteiger partial charge in [-0.15, -0.1) is 11.3 Å². The van der Waals surface area contributed by atoms with Crippen LogP contribution in [0.5, 0.6) is 0 Å². The number of amides is 1. The Balaban J connectivity index is 2.07. The van der Waals surface area contributed by atoms with Gasteiger partial charge >= 0.3 is 0 Å². The highest BCUT2D eigenvalue weighted by atomic mass is 32.1. The summed E-state index contributed by atoms with van der Waals surface area (Å²) in [6, 6.07) is 0.947. The third kappa shape index (κ3) is 4.20. The van der Waals surface area contributed by atoms with Gasteiger partial charge in [-0.1, -0.05) is 13.3 Å². The molecule has 9 N–H and O–H groups in total. The van der Waals surface area contributed by atoms with Crippen LogP contribution in [0.15, 0.2) is 6.07 Å². The minimum atomic E-state index is -0.606. The average Bonchev–Trinajstić information content (AvgIpc) is 3.05. The summed E-state index contributed by atoms with van der Waals surface area (Å²) in [4.78, 5) is 32.4. The van der Waals surface area contributed by atoms with E-state index in [0.717, 1.165) is 30.3 Å². The van der Waals surface area contributed by atoms with E-state index in [2.05, 4.69) is 12.2 Å². The van der Waals surface area contributed by atoms with Crippen LogP contribution in [0.3, 0.4) is 0 Å². The van der Waals surface area contributed by atoms with E-state index in [0.29, 0.717) is 47.3 Å². The highest BCUT2D eigenvalue weighted by molar-refractivity contribution is 7.21. The molecule has 1 fully saturated rings. The number of nitrogens with two attached hydrogens (primary N) is 4. The molecule has 0 aromatic carbocycles.